The van der Waals surface area contributed by atoms with Crippen molar-refractivity contribution in [1.29, 1.82) is 0 Å². The number of aromatic nitrogens is 1. The van der Waals surface area contributed by atoms with E-state index in [0.29, 0.717) is 12.2 Å². The average molecular weight is 287 g/mol. The van der Waals surface area contributed by atoms with Crippen molar-refractivity contribution in [2.45, 2.75) is 72.8 Å². The van der Waals surface area contributed by atoms with E-state index in [1.807, 2.05) is 0 Å². The maximum atomic E-state index is 12.4. The Balaban J connectivity index is 1.91. The summed E-state index contributed by atoms with van der Waals surface area (Å²) >= 11 is 0. The molecule has 1 heterocycles. The van der Waals surface area contributed by atoms with Gasteiger partial charge in [0.1, 0.15) is 0 Å². The van der Waals surface area contributed by atoms with Crippen LogP contribution in [0.5, 0.6) is 0 Å². The van der Waals surface area contributed by atoms with Gasteiger partial charge in [-0.2, -0.15) is 0 Å². The predicted octanol–water partition coefficient (Wildman–Crippen LogP) is 4.78. The minimum Gasteiger partial charge on any atom is -0.348 e. The first-order valence-corrected chi connectivity index (χ1v) is 8.59. The molecule has 2 heteroatoms. The molecule has 0 spiro atoms. The molecule has 0 saturated heterocycles. The van der Waals surface area contributed by atoms with E-state index in [-0.39, 0.29) is 5.41 Å². The van der Waals surface area contributed by atoms with E-state index < -0.39 is 0 Å². The summed E-state index contributed by atoms with van der Waals surface area (Å²) in [6.07, 6.45) is 7.24. The Morgan fingerprint density at radius 2 is 1.95 bits per heavy atom. The van der Waals surface area contributed by atoms with Crippen molar-refractivity contribution in [3.8, 4) is 0 Å². The van der Waals surface area contributed by atoms with Crippen LogP contribution in [0.3, 0.4) is 0 Å². The van der Waals surface area contributed by atoms with Crippen LogP contribution in [0.2, 0.25) is 0 Å². The summed E-state index contributed by atoms with van der Waals surface area (Å²) in [7, 11) is 0. The van der Waals surface area contributed by atoms with Gasteiger partial charge in [-0.25, -0.2) is 0 Å². The fourth-order valence-electron chi connectivity index (χ4n) is 4.36. The lowest BCUT2D eigenvalue weighted by Gasteiger charge is -2.33. The van der Waals surface area contributed by atoms with Gasteiger partial charge in [-0.3, -0.25) is 4.79 Å². The molecule has 2 nitrogen and oxygen atoms in total. The third-order valence-electron chi connectivity index (χ3n) is 5.71. The normalized spacial score (nSPS) is 28.5. The van der Waals surface area contributed by atoms with Crippen LogP contribution in [0, 0.1) is 24.2 Å². The maximum Gasteiger partial charge on any atom is 0.165 e. The van der Waals surface area contributed by atoms with Crippen LogP contribution in [0.1, 0.15) is 74.6 Å². The average Bonchev–Trinajstić information content (AvgIpc) is 2.69. The fourth-order valence-corrected chi connectivity index (χ4v) is 4.36. The predicted molar refractivity (Wildman–Crippen MR) is 86.7 cm³/mol. The summed E-state index contributed by atoms with van der Waals surface area (Å²) in [6, 6.07) is 2.14. The molecular formula is C19H29NO. The minimum absolute atomic E-state index is 0.116. The number of ketones is 1. The van der Waals surface area contributed by atoms with E-state index in [2.05, 4.69) is 38.3 Å². The van der Waals surface area contributed by atoms with Crippen LogP contribution in [0.25, 0.3) is 0 Å². The Bertz CT molecular complexity index is 552. The van der Waals surface area contributed by atoms with E-state index in [1.165, 1.54) is 37.1 Å². The quantitative estimate of drug-likeness (QED) is 0.767. The molecule has 2 aliphatic rings. The second-order valence-electron chi connectivity index (χ2n) is 8.22. The van der Waals surface area contributed by atoms with Gasteiger partial charge in [-0.1, -0.05) is 40.0 Å². The maximum absolute atomic E-state index is 12.4. The molecule has 1 aromatic rings. The highest BCUT2D eigenvalue weighted by molar-refractivity contribution is 5.99. The molecule has 116 valence electrons. The first kappa shape index (κ1) is 14.9. The van der Waals surface area contributed by atoms with Gasteiger partial charge in [0.15, 0.2) is 5.78 Å². The zero-order valence-electron chi connectivity index (χ0n) is 14.0. The number of hydrogen-bond acceptors (Lipinski definition) is 1. The zero-order valence-corrected chi connectivity index (χ0v) is 14.0. The highest BCUT2D eigenvalue weighted by Crippen LogP contribution is 2.38. The van der Waals surface area contributed by atoms with Crippen LogP contribution in [-0.4, -0.2) is 10.4 Å². The molecule has 2 atom stereocenters. The van der Waals surface area contributed by atoms with Crippen molar-refractivity contribution < 1.29 is 4.79 Å². The molecule has 0 N–H and O–H groups in total. The van der Waals surface area contributed by atoms with Crippen LogP contribution < -0.4 is 0 Å². The largest absolute Gasteiger partial charge is 0.348 e. The highest BCUT2D eigenvalue weighted by atomic mass is 16.1. The van der Waals surface area contributed by atoms with Gasteiger partial charge in [-0.15, -0.1) is 0 Å². The lowest BCUT2D eigenvalue weighted by Crippen LogP contribution is -2.30. The van der Waals surface area contributed by atoms with Crippen molar-refractivity contribution >= 4 is 5.78 Å². The topological polar surface area (TPSA) is 22.0 Å². The lowest BCUT2D eigenvalue weighted by atomic mass is 9.76. The lowest BCUT2D eigenvalue weighted by molar-refractivity contribution is 0.0909. The number of carbonyl (C=O) groups is 1. The molecule has 1 saturated carbocycles. The Hall–Kier alpha value is -1.05. The van der Waals surface area contributed by atoms with E-state index >= 15 is 0 Å². The van der Waals surface area contributed by atoms with Gasteiger partial charge in [0.05, 0.1) is 0 Å². The number of Topliss-reactive ketones (excluding diaryl/α,β-unsaturated/α-hetero) is 1. The van der Waals surface area contributed by atoms with Crippen LogP contribution in [-0.2, 0) is 13.0 Å². The van der Waals surface area contributed by atoms with Crippen molar-refractivity contribution in [2.75, 3.05) is 0 Å². The molecule has 1 fully saturated rings. The Labute approximate surface area is 128 Å². The van der Waals surface area contributed by atoms with Gasteiger partial charge in [0.2, 0.25) is 0 Å². The SMILES string of the molecule is Cc1cc2c(n1CC1CCCCC1C)CC(C)(C)CC2=O. The Morgan fingerprint density at radius 3 is 2.67 bits per heavy atom. The number of carbonyl (C=O) groups excluding carboxylic acids is 1. The van der Waals surface area contributed by atoms with Crippen LogP contribution in [0.15, 0.2) is 6.07 Å². The second-order valence-corrected chi connectivity index (χ2v) is 8.22. The molecule has 0 aromatic carbocycles. The molecule has 3 rings (SSSR count). The molecular weight excluding hydrogens is 258 g/mol. The monoisotopic (exact) mass is 287 g/mol. The van der Waals surface area contributed by atoms with E-state index in [4.69, 9.17) is 0 Å². The zero-order chi connectivity index (χ0) is 15.2. The molecule has 2 aliphatic carbocycles. The van der Waals surface area contributed by atoms with E-state index in [9.17, 15) is 4.79 Å². The summed E-state index contributed by atoms with van der Waals surface area (Å²) in [5.41, 5.74) is 3.72. The number of nitrogens with zero attached hydrogens (tertiary/aromatic N) is 1. The summed E-state index contributed by atoms with van der Waals surface area (Å²) in [4.78, 5) is 12.4. The molecule has 0 bridgehead atoms. The first-order valence-electron chi connectivity index (χ1n) is 8.59. The second kappa shape index (κ2) is 5.30. The Kier molecular flexibility index (Phi) is 3.75. The number of hydrogen-bond donors (Lipinski definition) is 0. The van der Waals surface area contributed by atoms with Gasteiger partial charge < -0.3 is 4.57 Å². The number of fused-ring (bicyclic) bond motifs is 1. The van der Waals surface area contributed by atoms with E-state index in [0.717, 1.165) is 30.4 Å². The molecule has 0 aliphatic heterocycles. The van der Waals surface area contributed by atoms with Gasteiger partial charge in [0.25, 0.3) is 0 Å². The smallest absolute Gasteiger partial charge is 0.165 e. The van der Waals surface area contributed by atoms with Crippen LogP contribution >= 0.6 is 0 Å². The summed E-state index contributed by atoms with van der Waals surface area (Å²) in [5.74, 6) is 1.96. The fraction of sp³-hybridized carbons (Fsp3) is 0.737. The van der Waals surface area contributed by atoms with Crippen molar-refractivity contribution in [2.24, 2.45) is 17.3 Å². The third kappa shape index (κ3) is 2.82. The van der Waals surface area contributed by atoms with E-state index in [1.54, 1.807) is 0 Å². The highest BCUT2D eigenvalue weighted by Gasteiger charge is 2.34. The molecule has 21 heavy (non-hydrogen) atoms. The number of aryl methyl sites for hydroxylation is 1. The van der Waals surface area contributed by atoms with Gasteiger partial charge in [0, 0.05) is 29.9 Å². The van der Waals surface area contributed by atoms with Crippen molar-refractivity contribution in [1.82, 2.24) is 4.57 Å². The molecule has 0 radical (unpaired) electrons. The third-order valence-corrected chi connectivity index (χ3v) is 5.71. The van der Waals surface area contributed by atoms with Gasteiger partial charge >= 0.3 is 0 Å². The molecule has 2 unspecified atom stereocenters. The Morgan fingerprint density at radius 1 is 1.24 bits per heavy atom. The molecule has 1 aromatic heterocycles. The summed E-state index contributed by atoms with van der Waals surface area (Å²) in [6.45, 7) is 10.1. The summed E-state index contributed by atoms with van der Waals surface area (Å²) < 4.78 is 2.47. The standard InChI is InChI=1S/C19H29NO/c1-13-7-5-6-8-15(13)12-20-14(2)9-16-17(20)10-19(3,4)11-18(16)21/h9,13,15H,5-8,10-12H2,1-4H3. The van der Waals surface area contributed by atoms with Gasteiger partial charge in [-0.05, 0) is 43.1 Å². The van der Waals surface area contributed by atoms with Crippen LogP contribution in [0.4, 0.5) is 0 Å². The number of rotatable bonds is 2. The first-order chi connectivity index (χ1) is 9.87. The molecule has 0 amide bonds. The van der Waals surface area contributed by atoms with Crippen molar-refractivity contribution in [3.63, 3.8) is 0 Å². The minimum atomic E-state index is 0.116. The van der Waals surface area contributed by atoms with Crippen molar-refractivity contribution in [3.05, 3.63) is 23.0 Å². The summed E-state index contributed by atoms with van der Waals surface area (Å²) in [5, 5.41) is 0.